The van der Waals surface area contributed by atoms with Crippen LogP contribution < -0.4 is 0 Å². The Hall–Kier alpha value is -1.89. The molecule has 5 nitrogen and oxygen atoms in total. The summed E-state index contributed by atoms with van der Waals surface area (Å²) in [5.74, 6) is 1.55. The molecule has 1 atom stereocenters. The molecule has 0 unspecified atom stereocenters. The van der Waals surface area contributed by atoms with Crippen LogP contribution in [0.1, 0.15) is 37.5 Å². The third kappa shape index (κ3) is 3.95. The van der Waals surface area contributed by atoms with Gasteiger partial charge in [0.1, 0.15) is 5.82 Å². The third-order valence-electron chi connectivity index (χ3n) is 4.01. The van der Waals surface area contributed by atoms with Gasteiger partial charge in [0.2, 0.25) is 11.8 Å². The second-order valence-electron chi connectivity index (χ2n) is 6.12. The van der Waals surface area contributed by atoms with Crippen LogP contribution in [-0.2, 0) is 17.0 Å². The van der Waals surface area contributed by atoms with Gasteiger partial charge in [0.15, 0.2) is 5.82 Å². The van der Waals surface area contributed by atoms with Crippen LogP contribution in [0.2, 0.25) is 0 Å². The lowest BCUT2D eigenvalue weighted by molar-refractivity contribution is -0.128. The molecule has 1 aromatic carbocycles. The Morgan fingerprint density at radius 2 is 2.12 bits per heavy atom. The van der Waals surface area contributed by atoms with Gasteiger partial charge in [-0.15, -0.1) is 11.8 Å². The summed E-state index contributed by atoms with van der Waals surface area (Å²) in [4.78, 5) is 18.5. The van der Waals surface area contributed by atoms with E-state index in [0.717, 1.165) is 18.5 Å². The van der Waals surface area contributed by atoms with Crippen molar-refractivity contribution in [2.24, 2.45) is 0 Å². The predicted octanol–water partition coefficient (Wildman–Crippen LogP) is 3.04. The van der Waals surface area contributed by atoms with Crippen molar-refractivity contribution in [2.45, 2.75) is 43.7 Å². The zero-order chi connectivity index (χ0) is 17.1. The van der Waals surface area contributed by atoms with Crippen LogP contribution in [-0.4, -0.2) is 38.8 Å². The number of aromatic nitrogens is 2. The van der Waals surface area contributed by atoms with E-state index in [1.54, 1.807) is 23.9 Å². The van der Waals surface area contributed by atoms with Gasteiger partial charge < -0.3 is 9.42 Å². The Morgan fingerprint density at radius 3 is 2.79 bits per heavy atom. The van der Waals surface area contributed by atoms with Gasteiger partial charge in [-0.25, -0.2) is 4.39 Å². The van der Waals surface area contributed by atoms with E-state index in [1.807, 2.05) is 18.7 Å². The molecule has 1 aromatic heterocycles. The van der Waals surface area contributed by atoms with Crippen LogP contribution in [0.25, 0.3) is 0 Å². The molecule has 24 heavy (non-hydrogen) atoms. The summed E-state index contributed by atoms with van der Waals surface area (Å²) in [7, 11) is 0. The highest BCUT2D eigenvalue weighted by molar-refractivity contribution is 7.99. The lowest BCUT2D eigenvalue weighted by Crippen LogP contribution is -2.34. The molecule has 0 spiro atoms. The van der Waals surface area contributed by atoms with Crippen molar-refractivity contribution in [3.63, 3.8) is 0 Å². The second kappa shape index (κ2) is 7.34. The van der Waals surface area contributed by atoms with Gasteiger partial charge in [-0.2, -0.15) is 4.98 Å². The van der Waals surface area contributed by atoms with E-state index in [1.165, 1.54) is 12.1 Å². The van der Waals surface area contributed by atoms with E-state index in [2.05, 4.69) is 10.1 Å². The maximum Gasteiger partial charge on any atom is 0.236 e. The summed E-state index contributed by atoms with van der Waals surface area (Å²) < 4.78 is 18.2. The topological polar surface area (TPSA) is 59.2 Å². The molecule has 2 heterocycles. The normalized spacial score (nSPS) is 17.9. The summed E-state index contributed by atoms with van der Waals surface area (Å²) in [6.07, 6.45) is 1.36. The van der Waals surface area contributed by atoms with Crippen molar-refractivity contribution in [1.29, 1.82) is 0 Å². The second-order valence-corrected chi connectivity index (χ2v) is 7.31. The Balaban J connectivity index is 1.53. The first-order chi connectivity index (χ1) is 11.5. The quantitative estimate of drug-likeness (QED) is 0.802. The Labute approximate surface area is 144 Å². The van der Waals surface area contributed by atoms with Gasteiger partial charge in [-0.05, 0) is 38.0 Å². The average Bonchev–Trinajstić information content (AvgIpc) is 3.14. The van der Waals surface area contributed by atoms with E-state index >= 15 is 0 Å². The molecular weight excluding hydrogens is 329 g/mol. The first kappa shape index (κ1) is 17.0. The van der Waals surface area contributed by atoms with Crippen molar-refractivity contribution < 1.29 is 13.7 Å². The minimum atomic E-state index is -0.263. The highest BCUT2D eigenvalue weighted by Crippen LogP contribution is 2.27. The van der Waals surface area contributed by atoms with Gasteiger partial charge in [-0.1, -0.05) is 17.3 Å². The fourth-order valence-corrected chi connectivity index (χ4v) is 3.73. The van der Waals surface area contributed by atoms with E-state index in [9.17, 15) is 9.18 Å². The maximum absolute atomic E-state index is 12.9. The largest absolute Gasteiger partial charge is 0.339 e. The summed E-state index contributed by atoms with van der Waals surface area (Å²) in [5, 5.41) is 3.92. The molecule has 0 bridgehead atoms. The highest BCUT2D eigenvalue weighted by Gasteiger charge is 2.33. The Kier molecular flexibility index (Phi) is 5.18. The number of halogens is 1. The van der Waals surface area contributed by atoms with Crippen LogP contribution in [0.15, 0.2) is 28.8 Å². The van der Waals surface area contributed by atoms with Crippen LogP contribution in [0.4, 0.5) is 4.39 Å². The fraction of sp³-hybridized carbons (Fsp3) is 0.471. The standard InChI is InChI=1S/C17H20FN3O2S/c1-11(2)21-8-7-14(17(21)22)24-10-16-19-15(20-23-16)9-12-3-5-13(18)6-4-12/h3-6,11,14H,7-10H2,1-2H3/t14-/m1/s1. The molecule has 1 aliphatic rings. The molecule has 1 fully saturated rings. The number of hydrogen-bond acceptors (Lipinski definition) is 5. The number of carbonyl (C=O) groups is 1. The van der Waals surface area contributed by atoms with E-state index in [0.29, 0.717) is 23.9 Å². The SMILES string of the molecule is CC(C)N1CC[C@@H](SCc2nc(Cc3ccc(F)cc3)no2)C1=O. The first-order valence-electron chi connectivity index (χ1n) is 8.01. The monoisotopic (exact) mass is 349 g/mol. The molecule has 0 aliphatic carbocycles. The number of hydrogen-bond donors (Lipinski definition) is 0. The minimum Gasteiger partial charge on any atom is -0.339 e. The zero-order valence-corrected chi connectivity index (χ0v) is 14.6. The minimum absolute atomic E-state index is 0.0279. The van der Waals surface area contributed by atoms with Crippen LogP contribution in [0.5, 0.6) is 0 Å². The summed E-state index contributed by atoms with van der Waals surface area (Å²) >= 11 is 1.55. The van der Waals surface area contributed by atoms with Crippen LogP contribution >= 0.6 is 11.8 Å². The molecule has 0 radical (unpaired) electrons. The molecular formula is C17H20FN3O2S. The number of amides is 1. The fourth-order valence-electron chi connectivity index (χ4n) is 2.72. The summed E-state index contributed by atoms with van der Waals surface area (Å²) in [6, 6.07) is 6.49. The van der Waals surface area contributed by atoms with Gasteiger partial charge in [0, 0.05) is 19.0 Å². The lowest BCUT2D eigenvalue weighted by atomic mass is 10.1. The Bertz CT molecular complexity index is 702. The van der Waals surface area contributed by atoms with Crippen molar-refractivity contribution in [1.82, 2.24) is 15.0 Å². The van der Waals surface area contributed by atoms with Crippen molar-refractivity contribution in [3.8, 4) is 0 Å². The molecule has 128 valence electrons. The summed E-state index contributed by atoms with van der Waals surface area (Å²) in [5.41, 5.74) is 0.926. The number of benzene rings is 1. The zero-order valence-electron chi connectivity index (χ0n) is 13.7. The number of thioether (sulfide) groups is 1. The number of nitrogens with zero attached hydrogens (tertiary/aromatic N) is 3. The third-order valence-corrected chi connectivity index (χ3v) is 5.26. The van der Waals surface area contributed by atoms with Crippen molar-refractivity contribution in [2.75, 3.05) is 6.54 Å². The van der Waals surface area contributed by atoms with Crippen molar-refractivity contribution >= 4 is 17.7 Å². The average molecular weight is 349 g/mol. The number of likely N-dealkylation sites (tertiary alicyclic amines) is 1. The first-order valence-corrected chi connectivity index (χ1v) is 9.06. The molecule has 2 aromatic rings. The van der Waals surface area contributed by atoms with E-state index in [4.69, 9.17) is 4.52 Å². The molecule has 0 N–H and O–H groups in total. The van der Waals surface area contributed by atoms with Crippen molar-refractivity contribution in [3.05, 3.63) is 47.4 Å². The summed E-state index contributed by atoms with van der Waals surface area (Å²) in [6.45, 7) is 4.88. The number of rotatable bonds is 6. The molecule has 1 saturated heterocycles. The molecule has 7 heteroatoms. The van der Waals surface area contributed by atoms with E-state index in [-0.39, 0.29) is 23.0 Å². The van der Waals surface area contributed by atoms with Crippen LogP contribution in [0.3, 0.4) is 0 Å². The number of carbonyl (C=O) groups excluding carboxylic acids is 1. The van der Waals surface area contributed by atoms with Gasteiger partial charge in [0.05, 0.1) is 11.0 Å². The Morgan fingerprint density at radius 1 is 1.38 bits per heavy atom. The molecule has 1 amide bonds. The van der Waals surface area contributed by atoms with Gasteiger partial charge in [0.25, 0.3) is 0 Å². The molecule has 1 aliphatic heterocycles. The van der Waals surface area contributed by atoms with Gasteiger partial charge in [-0.3, -0.25) is 4.79 Å². The van der Waals surface area contributed by atoms with Gasteiger partial charge >= 0.3 is 0 Å². The smallest absolute Gasteiger partial charge is 0.236 e. The van der Waals surface area contributed by atoms with Crippen LogP contribution in [0, 0.1) is 5.82 Å². The molecule has 0 saturated carbocycles. The van der Waals surface area contributed by atoms with E-state index < -0.39 is 0 Å². The maximum atomic E-state index is 12.9. The lowest BCUT2D eigenvalue weighted by Gasteiger charge is -2.20. The molecule has 3 rings (SSSR count). The predicted molar refractivity (Wildman–Crippen MR) is 90.1 cm³/mol. The highest BCUT2D eigenvalue weighted by atomic mass is 32.2.